The van der Waals surface area contributed by atoms with Gasteiger partial charge in [-0.1, -0.05) is 112 Å². The van der Waals surface area contributed by atoms with Gasteiger partial charge in [0.05, 0.1) is 55.8 Å². The molecule has 10 rings (SSSR count). The van der Waals surface area contributed by atoms with Crippen LogP contribution in [0.15, 0.2) is 103 Å². The van der Waals surface area contributed by atoms with E-state index in [2.05, 4.69) is 35.8 Å². The van der Waals surface area contributed by atoms with Crippen LogP contribution in [0.4, 0.5) is 10.3 Å². The number of benzene rings is 4. The van der Waals surface area contributed by atoms with Crippen molar-refractivity contribution in [3.63, 3.8) is 0 Å². The number of aromatic carboxylic acids is 1. The molecule has 2 aliphatic heterocycles. The molecule has 0 spiro atoms. The van der Waals surface area contributed by atoms with Crippen LogP contribution >= 0.6 is 45.6 Å². The molecule has 0 radical (unpaired) electrons. The van der Waals surface area contributed by atoms with Crippen molar-refractivity contribution in [2.24, 2.45) is 5.41 Å². The van der Waals surface area contributed by atoms with E-state index in [1.165, 1.54) is 27.6 Å². The SMILES string of the molecule is Cc1cc(OCCCc2sc(N3CCc4cccc(C(=O)Nc5nc6ccccc6s5)c4C3)nc2C(=O)O)ccc1-c1ncc(CCCCCCCC(=O)N[C@H](C(=O)N2C[C@H](O)C[C@H]2C(=O)N[C@@H](C)c2ccc(-c3scnc3C)cc2)C(C)(C)C)cc1Cl. The summed E-state index contributed by atoms with van der Waals surface area (Å²) in [5.41, 5.74) is 11.0. The Bertz CT molecular complexity index is 3810. The van der Waals surface area contributed by atoms with Gasteiger partial charge >= 0.3 is 5.97 Å². The van der Waals surface area contributed by atoms with Crippen LogP contribution in [0.2, 0.25) is 5.02 Å². The number of hydrogen-bond donors (Lipinski definition) is 5. The second-order valence-corrected chi connectivity index (χ2v) is 27.2. The predicted molar refractivity (Wildman–Crippen MR) is 349 cm³/mol. The average molecular weight is 1270 g/mol. The number of carboxylic acids is 1. The topological polar surface area (TPSA) is 229 Å². The number of unbranched alkanes of at least 4 members (excludes halogenated alkanes) is 4. The third-order valence-electron chi connectivity index (χ3n) is 16.3. The van der Waals surface area contributed by atoms with E-state index in [9.17, 15) is 34.2 Å². The zero-order valence-corrected chi connectivity index (χ0v) is 53.6. The lowest BCUT2D eigenvalue weighted by Gasteiger charge is -2.35. The maximum atomic E-state index is 14.2. The first-order valence-corrected chi connectivity index (χ1v) is 32.9. The summed E-state index contributed by atoms with van der Waals surface area (Å²) in [5.74, 6) is -1.60. The van der Waals surface area contributed by atoms with Gasteiger partial charge in [-0.05, 0) is 141 Å². The number of aromatic nitrogens is 4. The number of aliphatic hydroxyl groups excluding tert-OH is 1. The Kier molecular flexibility index (Phi) is 20.4. The Labute approximate surface area is 530 Å². The molecule has 4 aromatic heterocycles. The highest BCUT2D eigenvalue weighted by molar-refractivity contribution is 7.22. The number of β-amino-alcohol motifs (C(OH)–C–C–N with tert-alkyl or cyclic N) is 1. The summed E-state index contributed by atoms with van der Waals surface area (Å²) >= 11 is 11.2. The second-order valence-electron chi connectivity index (χ2n) is 23.9. The Morgan fingerprint density at radius 1 is 0.864 bits per heavy atom. The first-order valence-electron chi connectivity index (χ1n) is 30.0. The van der Waals surface area contributed by atoms with Gasteiger partial charge in [-0.15, -0.1) is 22.7 Å². The van der Waals surface area contributed by atoms with E-state index in [0.717, 1.165) is 91.8 Å². The first-order chi connectivity index (χ1) is 42.3. The van der Waals surface area contributed by atoms with Gasteiger partial charge in [-0.25, -0.2) is 19.7 Å². The van der Waals surface area contributed by atoms with E-state index in [0.29, 0.717) is 82.5 Å². The number of anilines is 2. The fourth-order valence-corrected chi connectivity index (χ4v) is 14.6. The molecule has 0 aliphatic carbocycles. The first kappa shape index (κ1) is 63.4. The molecule has 0 bridgehead atoms. The van der Waals surface area contributed by atoms with Crippen LogP contribution in [0.3, 0.4) is 0 Å². The molecule has 4 aromatic carbocycles. The van der Waals surface area contributed by atoms with Crippen LogP contribution in [-0.4, -0.2) is 103 Å². The zero-order valence-electron chi connectivity index (χ0n) is 50.4. The van der Waals surface area contributed by atoms with Crippen LogP contribution in [0.5, 0.6) is 5.75 Å². The highest BCUT2D eigenvalue weighted by atomic mass is 35.5. The summed E-state index contributed by atoms with van der Waals surface area (Å²) in [4.78, 5) is 90.9. The third-order valence-corrected chi connectivity index (χ3v) is 19.7. The molecule has 2 aliphatic rings. The van der Waals surface area contributed by atoms with Gasteiger partial charge in [0.1, 0.15) is 17.8 Å². The standard InChI is InChI=1S/C67H74ClN9O8S3/c1-39-32-47(85-31-15-21-55-58(64(83)84)74-66(88-55)76-30-29-44-17-14-18-49(50(44)37-76)61(80)75-65-72-52-19-12-13-20-54(52)87-65)27-28-48(39)57-51(68)33-42(35-69-57)16-10-8-7-9-11-22-56(79)73-60(67(4,5)6)63(82)77-36-46(78)34-53(77)62(81)71-40(2)43-23-25-45(26-24-43)59-41(3)70-38-86-59/h12-14,17-20,23-28,32-33,35,38,40,46,53,60,78H,7-11,15-16,21-22,29-31,34,36-37H2,1-6H3,(H,71,81)(H,73,79)(H,83,84)(H,72,75,80)/t40-,46+,53-,60+/m0/s1. The van der Waals surface area contributed by atoms with E-state index in [-0.39, 0.29) is 54.8 Å². The van der Waals surface area contributed by atoms with Crippen LogP contribution in [0.1, 0.15) is 144 Å². The summed E-state index contributed by atoms with van der Waals surface area (Å²) < 4.78 is 7.16. The Morgan fingerprint density at radius 3 is 2.39 bits per heavy atom. The van der Waals surface area contributed by atoms with Crippen molar-refractivity contribution in [1.29, 1.82) is 0 Å². The van der Waals surface area contributed by atoms with Gasteiger partial charge in [0.15, 0.2) is 16.0 Å². The molecule has 1 saturated heterocycles. The van der Waals surface area contributed by atoms with Gasteiger partial charge in [-0.2, -0.15) is 0 Å². The van der Waals surface area contributed by atoms with E-state index in [1.807, 2.05) is 144 Å². The van der Waals surface area contributed by atoms with Gasteiger partial charge in [-0.3, -0.25) is 29.5 Å². The number of fused-ring (bicyclic) bond motifs is 2. The normalized spacial score (nSPS) is 15.6. The van der Waals surface area contributed by atoms with Crippen molar-refractivity contribution in [1.82, 2.24) is 35.5 Å². The lowest BCUT2D eigenvalue weighted by atomic mass is 9.85. The molecule has 88 heavy (non-hydrogen) atoms. The molecule has 460 valence electrons. The number of hydrogen-bond acceptors (Lipinski definition) is 15. The fourth-order valence-electron chi connectivity index (χ4n) is 11.5. The number of carboxylic acid groups (broad SMARTS) is 1. The number of amides is 4. The van der Waals surface area contributed by atoms with Crippen LogP contribution in [0, 0.1) is 19.3 Å². The predicted octanol–water partition coefficient (Wildman–Crippen LogP) is 13.0. The minimum Gasteiger partial charge on any atom is -0.494 e. The minimum atomic E-state index is -1.08. The number of halogens is 1. The number of rotatable bonds is 24. The molecule has 6 heterocycles. The van der Waals surface area contributed by atoms with E-state index < -0.39 is 29.6 Å². The number of para-hydroxylation sites is 1. The number of nitrogens with zero attached hydrogens (tertiary/aromatic N) is 6. The molecule has 0 saturated carbocycles. The smallest absolute Gasteiger partial charge is 0.355 e. The summed E-state index contributed by atoms with van der Waals surface area (Å²) in [7, 11) is 0. The molecule has 8 aromatic rings. The average Bonchev–Trinajstić information content (AvgIpc) is 1.88. The number of pyridine rings is 1. The van der Waals surface area contributed by atoms with Gasteiger partial charge in [0, 0.05) is 54.7 Å². The van der Waals surface area contributed by atoms with Crippen molar-refractivity contribution in [2.75, 3.05) is 29.9 Å². The molecule has 0 unspecified atom stereocenters. The Hall–Kier alpha value is -7.62. The van der Waals surface area contributed by atoms with Crippen molar-refractivity contribution >= 4 is 95.7 Å². The second kappa shape index (κ2) is 28.3. The highest BCUT2D eigenvalue weighted by Gasteiger charge is 2.45. The summed E-state index contributed by atoms with van der Waals surface area (Å²) in [6.07, 6.45) is 8.23. The highest BCUT2D eigenvalue weighted by Crippen LogP contribution is 2.36. The summed E-state index contributed by atoms with van der Waals surface area (Å²) in [6.45, 7) is 12.9. The van der Waals surface area contributed by atoms with Crippen LogP contribution in [-0.2, 0) is 40.2 Å². The van der Waals surface area contributed by atoms with Crippen molar-refractivity contribution in [2.45, 2.75) is 143 Å². The maximum Gasteiger partial charge on any atom is 0.355 e. The number of aryl methyl sites for hydroxylation is 4. The van der Waals surface area contributed by atoms with Crippen LogP contribution < -0.4 is 25.6 Å². The molecular weight excluding hydrogens is 1190 g/mol. The number of thiazole rings is 3. The lowest BCUT2D eigenvalue weighted by molar-refractivity contribution is -0.144. The monoisotopic (exact) mass is 1260 g/mol. The third kappa shape index (κ3) is 15.3. The molecule has 5 N–H and O–H groups in total. The molecule has 17 nitrogen and oxygen atoms in total. The van der Waals surface area contributed by atoms with Gasteiger partial charge in [0.2, 0.25) is 17.7 Å². The largest absolute Gasteiger partial charge is 0.494 e. The van der Waals surface area contributed by atoms with Gasteiger partial charge in [0.25, 0.3) is 5.91 Å². The van der Waals surface area contributed by atoms with Crippen molar-refractivity contribution in [3.05, 3.63) is 157 Å². The quantitative estimate of drug-likeness (QED) is 0.0355. The lowest BCUT2D eigenvalue weighted by Crippen LogP contribution is -2.57. The summed E-state index contributed by atoms with van der Waals surface area (Å²) in [5, 5.41) is 31.6. The molecular formula is C67H74ClN9O8S3. The van der Waals surface area contributed by atoms with Gasteiger partial charge < -0.3 is 35.4 Å². The zero-order chi connectivity index (χ0) is 62.2. The number of aliphatic hydroxyl groups is 1. The minimum absolute atomic E-state index is 0.00756. The number of likely N-dealkylation sites (tertiary alicyclic amines) is 1. The van der Waals surface area contributed by atoms with Crippen molar-refractivity contribution in [3.8, 4) is 27.4 Å². The molecule has 4 atom stereocenters. The maximum absolute atomic E-state index is 14.2. The number of ether oxygens (including phenoxy) is 1. The Balaban J connectivity index is 0.640. The number of carbonyl (C=O) groups excluding carboxylic acids is 4. The number of carbonyl (C=O) groups is 5. The molecule has 21 heteroatoms. The Morgan fingerprint density at radius 2 is 1.65 bits per heavy atom. The van der Waals surface area contributed by atoms with Crippen molar-refractivity contribution < 1.29 is 38.9 Å². The number of nitrogens with one attached hydrogen (secondary N) is 3. The van der Waals surface area contributed by atoms with E-state index in [4.69, 9.17) is 21.3 Å². The fraction of sp³-hybridized carbons (Fsp3) is 0.388. The molecule has 1 fully saturated rings. The van der Waals surface area contributed by atoms with E-state index >= 15 is 0 Å². The van der Waals surface area contributed by atoms with Crippen LogP contribution in [0.25, 0.3) is 31.9 Å². The molecule has 4 amide bonds. The van der Waals surface area contributed by atoms with E-state index in [1.54, 1.807) is 11.3 Å². The summed E-state index contributed by atoms with van der Waals surface area (Å²) in [6, 6.07) is 27.1.